The summed E-state index contributed by atoms with van der Waals surface area (Å²) >= 11 is 0. The number of alkyl halides is 3. The van der Waals surface area contributed by atoms with Gasteiger partial charge in [0.2, 0.25) is 0 Å². The van der Waals surface area contributed by atoms with Crippen LogP contribution in [0.3, 0.4) is 0 Å². The molecule has 5 nitrogen and oxygen atoms in total. The number of halogens is 5. The highest BCUT2D eigenvalue weighted by molar-refractivity contribution is 5.85. The first-order chi connectivity index (χ1) is 15.8. The lowest BCUT2D eigenvalue weighted by Gasteiger charge is -2.36. The quantitative estimate of drug-likeness (QED) is 0.415. The fourth-order valence-corrected chi connectivity index (χ4v) is 4.04. The van der Waals surface area contributed by atoms with Crippen LogP contribution in [0.15, 0.2) is 54.9 Å². The fourth-order valence-electron chi connectivity index (χ4n) is 4.04. The van der Waals surface area contributed by atoms with Crippen LogP contribution >= 0.6 is 12.4 Å². The van der Waals surface area contributed by atoms with E-state index in [1.165, 1.54) is 7.11 Å². The van der Waals surface area contributed by atoms with E-state index >= 15 is 0 Å². The van der Waals surface area contributed by atoms with E-state index < -0.39 is 18.2 Å². The molecule has 0 spiro atoms. The van der Waals surface area contributed by atoms with Crippen molar-refractivity contribution in [3.8, 4) is 11.4 Å². The summed E-state index contributed by atoms with van der Waals surface area (Å²) in [5.41, 5.74) is 2.22. The maximum atomic E-state index is 13.6. The van der Waals surface area contributed by atoms with E-state index in [4.69, 9.17) is 14.2 Å². The van der Waals surface area contributed by atoms with Crippen molar-refractivity contribution in [3.63, 3.8) is 0 Å². The molecular formula is C24H25ClF4N2O3. The number of benzene rings is 2. The van der Waals surface area contributed by atoms with Gasteiger partial charge in [-0.25, -0.2) is 9.37 Å². The van der Waals surface area contributed by atoms with E-state index in [2.05, 4.69) is 4.98 Å². The third kappa shape index (κ3) is 5.37. The number of methoxy groups -OCH3 is 1. The molecular weight excluding hydrogens is 476 g/mol. The fraction of sp³-hybridized carbons (Fsp3) is 0.375. The molecule has 184 valence electrons. The van der Waals surface area contributed by atoms with Gasteiger partial charge in [0.05, 0.1) is 24.5 Å². The van der Waals surface area contributed by atoms with Crippen molar-refractivity contribution in [1.29, 1.82) is 0 Å². The first-order valence-corrected chi connectivity index (χ1v) is 10.5. The Bertz CT molecular complexity index is 1090. The van der Waals surface area contributed by atoms with Crippen molar-refractivity contribution in [3.05, 3.63) is 77.6 Å². The second-order valence-electron chi connectivity index (χ2n) is 7.91. The van der Waals surface area contributed by atoms with Gasteiger partial charge in [0.1, 0.15) is 18.3 Å². The average Bonchev–Trinajstić information content (AvgIpc) is 3.32. The van der Waals surface area contributed by atoms with Crippen LogP contribution in [-0.4, -0.2) is 35.5 Å². The number of aryl methyl sites for hydroxylation is 1. The summed E-state index contributed by atoms with van der Waals surface area (Å²) in [6.45, 7) is 1.85. The summed E-state index contributed by atoms with van der Waals surface area (Å²) in [5, 5.41) is 0. The smallest absolute Gasteiger partial charge is 0.396 e. The van der Waals surface area contributed by atoms with Gasteiger partial charge in [0.15, 0.2) is 11.6 Å². The van der Waals surface area contributed by atoms with Crippen LogP contribution in [0.2, 0.25) is 0 Å². The number of imidazole rings is 1. The van der Waals surface area contributed by atoms with Gasteiger partial charge in [0, 0.05) is 31.5 Å². The van der Waals surface area contributed by atoms with Crippen LogP contribution in [0.1, 0.15) is 29.5 Å². The van der Waals surface area contributed by atoms with Crippen molar-refractivity contribution in [2.24, 2.45) is 5.92 Å². The zero-order valence-electron chi connectivity index (χ0n) is 18.6. The topological polar surface area (TPSA) is 45.5 Å². The van der Waals surface area contributed by atoms with Gasteiger partial charge in [-0.15, -0.1) is 12.4 Å². The molecule has 1 aromatic heterocycles. The molecule has 2 aliphatic rings. The van der Waals surface area contributed by atoms with Crippen LogP contribution in [0.4, 0.5) is 17.6 Å². The van der Waals surface area contributed by atoms with Gasteiger partial charge in [-0.05, 0) is 18.6 Å². The largest absolute Gasteiger partial charge is 0.483 e. The van der Waals surface area contributed by atoms with Gasteiger partial charge in [-0.2, -0.15) is 13.2 Å². The summed E-state index contributed by atoms with van der Waals surface area (Å²) in [7, 11) is 1.32. The first-order valence-electron chi connectivity index (χ1n) is 10.5. The minimum absolute atomic E-state index is 0. The first kappa shape index (κ1) is 26.0. The van der Waals surface area contributed by atoms with Gasteiger partial charge in [0.25, 0.3) is 0 Å². The normalized spacial score (nSPS) is 21.2. The zero-order chi connectivity index (χ0) is 23.6. The monoisotopic (exact) mass is 500 g/mol. The number of fused-ring (bicyclic) bond motifs is 2. The number of rotatable bonds is 3. The summed E-state index contributed by atoms with van der Waals surface area (Å²) in [4.78, 5) is 4.10. The Hall–Kier alpha value is -2.62. The Kier molecular flexibility index (Phi) is 8.22. The van der Waals surface area contributed by atoms with Gasteiger partial charge >= 0.3 is 6.18 Å². The molecule has 0 aliphatic carbocycles. The Morgan fingerprint density at radius 2 is 1.85 bits per heavy atom. The number of aromatic nitrogens is 2. The van der Waals surface area contributed by atoms with Crippen LogP contribution in [0.25, 0.3) is 5.69 Å². The van der Waals surface area contributed by atoms with E-state index in [0.717, 1.165) is 11.4 Å². The lowest BCUT2D eigenvalue weighted by molar-refractivity contribution is -0.243. The molecule has 5 rings (SSSR count). The Morgan fingerprint density at radius 3 is 2.47 bits per heavy atom. The number of hydrogen-bond donors (Lipinski definition) is 0. The van der Waals surface area contributed by atoms with Crippen LogP contribution in [0.5, 0.6) is 5.75 Å². The highest BCUT2D eigenvalue weighted by atomic mass is 35.5. The molecule has 0 saturated carbocycles. The molecule has 0 amide bonds. The summed E-state index contributed by atoms with van der Waals surface area (Å²) in [5.74, 6) is -0.648. The lowest BCUT2D eigenvalue weighted by Crippen LogP contribution is -2.43. The number of nitrogens with zero attached hydrogens (tertiary/aromatic N) is 2. The van der Waals surface area contributed by atoms with Gasteiger partial charge < -0.3 is 18.8 Å². The SMILES string of the molecule is COC1CC(c2ccccc2)OCC1C(F)(F)F.Cc1nccn1-c1ccc2c(F)c1OC2.Cl. The van der Waals surface area contributed by atoms with Crippen molar-refractivity contribution < 1.29 is 31.8 Å². The molecule has 3 heterocycles. The lowest BCUT2D eigenvalue weighted by atomic mass is 9.91. The number of hydrogen-bond acceptors (Lipinski definition) is 4. The molecule has 34 heavy (non-hydrogen) atoms. The molecule has 3 unspecified atom stereocenters. The van der Waals surface area contributed by atoms with E-state index in [1.54, 1.807) is 18.5 Å². The minimum atomic E-state index is -4.28. The van der Waals surface area contributed by atoms with E-state index in [0.29, 0.717) is 23.6 Å². The molecule has 0 N–H and O–H groups in total. The molecule has 1 saturated heterocycles. The third-order valence-corrected chi connectivity index (χ3v) is 5.88. The standard InChI is InChI=1S/C13H15F3O2.C11H9FN2O.ClH/c1-17-12-7-11(9-5-3-2-4-6-9)18-8-10(12)13(14,15)16;1-7-13-4-5-14(7)9-3-2-8-6-15-11(9)10(8)12;/h2-6,10-12H,7-8H2,1H3;2-5H,6H2,1H3;1H. The average molecular weight is 501 g/mol. The molecule has 10 heteroatoms. The van der Waals surface area contributed by atoms with Crippen molar-refractivity contribution in [2.75, 3.05) is 13.7 Å². The molecule has 2 aromatic carbocycles. The predicted molar refractivity (Wildman–Crippen MR) is 120 cm³/mol. The van der Waals surface area contributed by atoms with Crippen molar-refractivity contribution in [2.45, 2.75) is 38.3 Å². The van der Waals surface area contributed by atoms with E-state index in [1.807, 2.05) is 47.9 Å². The second kappa shape index (κ2) is 10.8. The van der Waals surface area contributed by atoms with Gasteiger partial charge in [-0.3, -0.25) is 0 Å². The summed E-state index contributed by atoms with van der Waals surface area (Å²) in [6, 6.07) is 12.9. The Balaban J connectivity index is 0.000000187. The van der Waals surface area contributed by atoms with Crippen LogP contribution < -0.4 is 4.74 Å². The second-order valence-corrected chi connectivity index (χ2v) is 7.91. The Morgan fingerprint density at radius 1 is 1.12 bits per heavy atom. The number of ether oxygens (including phenoxy) is 3. The Labute approximate surface area is 201 Å². The molecule has 2 aliphatic heterocycles. The molecule has 0 radical (unpaired) electrons. The summed E-state index contributed by atoms with van der Waals surface area (Å²) < 4.78 is 69.3. The van der Waals surface area contributed by atoms with E-state index in [9.17, 15) is 17.6 Å². The summed E-state index contributed by atoms with van der Waals surface area (Å²) in [6.07, 6.45) is -1.74. The predicted octanol–water partition coefficient (Wildman–Crippen LogP) is 5.98. The van der Waals surface area contributed by atoms with Crippen LogP contribution in [0, 0.1) is 18.7 Å². The molecule has 2 bridgehead atoms. The maximum absolute atomic E-state index is 13.6. The minimum Gasteiger partial charge on any atom is -0.483 e. The van der Waals surface area contributed by atoms with Gasteiger partial charge in [-0.1, -0.05) is 36.4 Å². The third-order valence-electron chi connectivity index (χ3n) is 5.88. The molecule has 3 aromatic rings. The molecule has 3 atom stereocenters. The van der Waals surface area contributed by atoms with Crippen LogP contribution in [-0.2, 0) is 16.1 Å². The van der Waals surface area contributed by atoms with E-state index in [-0.39, 0.29) is 37.4 Å². The van der Waals surface area contributed by atoms with Crippen molar-refractivity contribution >= 4 is 12.4 Å². The maximum Gasteiger partial charge on any atom is 0.396 e. The van der Waals surface area contributed by atoms with Crippen molar-refractivity contribution in [1.82, 2.24) is 9.55 Å². The highest BCUT2D eigenvalue weighted by Gasteiger charge is 2.48. The highest BCUT2D eigenvalue weighted by Crippen LogP contribution is 2.40. The molecule has 1 fully saturated rings. The zero-order valence-corrected chi connectivity index (χ0v) is 19.4.